The molecule has 70 valence electrons. The van der Waals surface area contributed by atoms with Gasteiger partial charge >= 0.3 is 0 Å². The molecule has 0 saturated heterocycles. The van der Waals surface area contributed by atoms with Crippen molar-refractivity contribution < 1.29 is 5.11 Å². The summed E-state index contributed by atoms with van der Waals surface area (Å²) < 4.78 is 0. The first-order valence-electron chi connectivity index (χ1n) is 4.65. The van der Waals surface area contributed by atoms with Gasteiger partial charge in [-0.3, -0.25) is 0 Å². The minimum atomic E-state index is -0.413. The highest BCUT2D eigenvalue weighted by Crippen LogP contribution is 2.24. The molecule has 1 heteroatoms. The fourth-order valence-electron chi connectivity index (χ4n) is 1.42. The molecule has 0 unspecified atom stereocenters. The molecular weight excluding hydrogens is 160 g/mol. The first-order chi connectivity index (χ1) is 6.29. The average Bonchev–Trinajstić information content (AvgIpc) is 2.21. The fraction of sp³-hybridized carbons (Fsp3) is 0.333. The van der Waals surface area contributed by atoms with Crippen LogP contribution >= 0.6 is 0 Å². The second-order valence-corrected chi connectivity index (χ2v) is 3.16. The zero-order valence-electron chi connectivity index (χ0n) is 7.98. The Bertz CT molecular complexity index is 253. The van der Waals surface area contributed by atoms with Crippen LogP contribution in [0.2, 0.25) is 0 Å². The van der Waals surface area contributed by atoms with Gasteiger partial charge in [-0.05, 0) is 12.0 Å². The van der Waals surface area contributed by atoms with E-state index >= 15 is 0 Å². The molecule has 0 heterocycles. The highest BCUT2D eigenvalue weighted by atomic mass is 16.3. The van der Waals surface area contributed by atoms with E-state index in [1.54, 1.807) is 0 Å². The lowest BCUT2D eigenvalue weighted by Crippen LogP contribution is -2.08. The van der Waals surface area contributed by atoms with Crippen LogP contribution in [0.4, 0.5) is 0 Å². The molecule has 0 aliphatic rings. The smallest absolute Gasteiger partial charge is 0.0852 e. The summed E-state index contributed by atoms with van der Waals surface area (Å²) in [5, 5.41) is 9.91. The Labute approximate surface area is 79.7 Å². The monoisotopic (exact) mass is 176 g/mol. The summed E-state index contributed by atoms with van der Waals surface area (Å²) in [7, 11) is 0. The van der Waals surface area contributed by atoms with Crippen molar-refractivity contribution in [3.05, 3.63) is 48.6 Å². The van der Waals surface area contributed by atoms with Crippen LogP contribution in [0.5, 0.6) is 0 Å². The van der Waals surface area contributed by atoms with Gasteiger partial charge in [0, 0.05) is 5.92 Å². The summed E-state index contributed by atoms with van der Waals surface area (Å²) in [6.45, 7) is 5.77. The lowest BCUT2D eigenvalue weighted by atomic mass is 9.94. The summed E-state index contributed by atoms with van der Waals surface area (Å²) in [5.74, 6) is 0.155. The molecule has 0 saturated carbocycles. The average molecular weight is 176 g/mol. The maximum absolute atomic E-state index is 9.91. The quantitative estimate of drug-likeness (QED) is 0.699. The van der Waals surface area contributed by atoms with Crippen LogP contribution in [-0.2, 0) is 0 Å². The number of aliphatic hydroxyl groups excluding tert-OH is 1. The molecule has 1 aromatic carbocycles. The molecule has 0 amide bonds. The molecule has 1 aromatic rings. The van der Waals surface area contributed by atoms with Gasteiger partial charge in [0.2, 0.25) is 0 Å². The van der Waals surface area contributed by atoms with Gasteiger partial charge in [0.15, 0.2) is 0 Å². The van der Waals surface area contributed by atoms with E-state index in [9.17, 15) is 5.11 Å². The van der Waals surface area contributed by atoms with E-state index < -0.39 is 6.10 Å². The second kappa shape index (κ2) is 4.83. The van der Waals surface area contributed by atoms with Crippen LogP contribution in [-0.4, -0.2) is 5.11 Å². The Morgan fingerprint density at radius 1 is 1.38 bits per heavy atom. The van der Waals surface area contributed by atoms with Crippen LogP contribution < -0.4 is 0 Å². The number of rotatable bonds is 4. The van der Waals surface area contributed by atoms with Gasteiger partial charge in [-0.1, -0.05) is 43.3 Å². The van der Waals surface area contributed by atoms with Crippen molar-refractivity contribution in [2.45, 2.75) is 19.4 Å². The fourth-order valence-corrected chi connectivity index (χ4v) is 1.42. The van der Waals surface area contributed by atoms with E-state index in [-0.39, 0.29) is 5.92 Å². The van der Waals surface area contributed by atoms with E-state index in [2.05, 4.69) is 13.5 Å². The van der Waals surface area contributed by atoms with Crippen molar-refractivity contribution in [2.75, 3.05) is 0 Å². The number of benzene rings is 1. The predicted molar refractivity (Wildman–Crippen MR) is 55.4 cm³/mol. The lowest BCUT2D eigenvalue weighted by molar-refractivity contribution is 0.129. The summed E-state index contributed by atoms with van der Waals surface area (Å²) >= 11 is 0. The van der Waals surface area contributed by atoms with Gasteiger partial charge in [0.25, 0.3) is 0 Å². The zero-order chi connectivity index (χ0) is 9.68. The highest BCUT2D eigenvalue weighted by Gasteiger charge is 2.14. The van der Waals surface area contributed by atoms with Crippen LogP contribution in [0.15, 0.2) is 43.0 Å². The SMILES string of the molecule is C=C[C@H](CC)[C@@H](O)c1ccccc1. The molecule has 13 heavy (non-hydrogen) atoms. The van der Waals surface area contributed by atoms with Gasteiger partial charge in [-0.2, -0.15) is 0 Å². The van der Waals surface area contributed by atoms with Crippen molar-refractivity contribution in [2.24, 2.45) is 5.92 Å². The molecule has 2 atom stereocenters. The van der Waals surface area contributed by atoms with Crippen molar-refractivity contribution >= 4 is 0 Å². The van der Waals surface area contributed by atoms with E-state index in [1.807, 2.05) is 36.4 Å². The zero-order valence-corrected chi connectivity index (χ0v) is 7.98. The van der Waals surface area contributed by atoms with E-state index in [0.29, 0.717) is 0 Å². The molecule has 0 aromatic heterocycles. The van der Waals surface area contributed by atoms with Crippen molar-refractivity contribution in [3.8, 4) is 0 Å². The van der Waals surface area contributed by atoms with Crippen molar-refractivity contribution in [1.82, 2.24) is 0 Å². The van der Waals surface area contributed by atoms with Crippen LogP contribution in [0, 0.1) is 5.92 Å². The van der Waals surface area contributed by atoms with Crippen LogP contribution in [0.25, 0.3) is 0 Å². The van der Waals surface area contributed by atoms with Crippen LogP contribution in [0.1, 0.15) is 25.0 Å². The van der Waals surface area contributed by atoms with Gasteiger partial charge in [0.05, 0.1) is 6.10 Å². The molecule has 0 fully saturated rings. The Balaban J connectivity index is 2.77. The third-order valence-corrected chi connectivity index (χ3v) is 2.32. The minimum absolute atomic E-state index is 0.155. The van der Waals surface area contributed by atoms with Gasteiger partial charge in [0.1, 0.15) is 0 Å². The Kier molecular flexibility index (Phi) is 3.71. The predicted octanol–water partition coefficient (Wildman–Crippen LogP) is 2.93. The first-order valence-corrected chi connectivity index (χ1v) is 4.65. The highest BCUT2D eigenvalue weighted by molar-refractivity contribution is 5.18. The van der Waals surface area contributed by atoms with E-state index in [4.69, 9.17) is 0 Å². The first kappa shape index (κ1) is 10.0. The molecule has 0 aliphatic carbocycles. The largest absolute Gasteiger partial charge is 0.388 e. The summed E-state index contributed by atoms with van der Waals surface area (Å²) in [6, 6.07) is 9.71. The third kappa shape index (κ3) is 2.43. The summed E-state index contributed by atoms with van der Waals surface area (Å²) in [5.41, 5.74) is 0.967. The Morgan fingerprint density at radius 2 is 2.00 bits per heavy atom. The summed E-state index contributed by atoms with van der Waals surface area (Å²) in [4.78, 5) is 0. The molecule has 1 nitrogen and oxygen atoms in total. The standard InChI is InChI=1S/C12H16O/c1-3-10(4-2)12(13)11-8-6-5-7-9-11/h3,5-10,12-13H,1,4H2,2H3/t10-,12-/m1/s1. The molecule has 0 aliphatic heterocycles. The van der Waals surface area contributed by atoms with Crippen molar-refractivity contribution in [3.63, 3.8) is 0 Å². The number of aliphatic hydroxyl groups is 1. The topological polar surface area (TPSA) is 20.2 Å². The maximum atomic E-state index is 9.91. The molecular formula is C12H16O. The molecule has 0 bridgehead atoms. The number of hydrogen-bond donors (Lipinski definition) is 1. The van der Waals surface area contributed by atoms with Gasteiger partial charge < -0.3 is 5.11 Å². The van der Waals surface area contributed by atoms with Gasteiger partial charge in [-0.25, -0.2) is 0 Å². The summed E-state index contributed by atoms with van der Waals surface area (Å²) in [6.07, 6.45) is 2.32. The number of hydrogen-bond acceptors (Lipinski definition) is 1. The molecule has 0 radical (unpaired) electrons. The van der Waals surface area contributed by atoms with E-state index in [1.165, 1.54) is 0 Å². The third-order valence-electron chi connectivity index (χ3n) is 2.32. The Morgan fingerprint density at radius 3 is 2.46 bits per heavy atom. The van der Waals surface area contributed by atoms with Gasteiger partial charge in [-0.15, -0.1) is 6.58 Å². The van der Waals surface area contributed by atoms with Crippen molar-refractivity contribution in [1.29, 1.82) is 0 Å². The molecule has 1 rings (SSSR count). The minimum Gasteiger partial charge on any atom is -0.388 e. The van der Waals surface area contributed by atoms with Crippen LogP contribution in [0.3, 0.4) is 0 Å². The van der Waals surface area contributed by atoms with E-state index in [0.717, 1.165) is 12.0 Å². The second-order valence-electron chi connectivity index (χ2n) is 3.16. The molecule has 0 spiro atoms. The lowest BCUT2D eigenvalue weighted by Gasteiger charge is -2.17. The molecule has 1 N–H and O–H groups in total. The Hall–Kier alpha value is -1.08. The normalized spacial score (nSPS) is 14.9. The maximum Gasteiger partial charge on any atom is 0.0852 e.